The first-order valence-corrected chi connectivity index (χ1v) is 7.35. The average molecular weight is 291 g/mol. The van der Waals surface area contributed by atoms with Crippen LogP contribution in [-0.2, 0) is 16.0 Å². The van der Waals surface area contributed by atoms with Gasteiger partial charge in [-0.1, -0.05) is 37.6 Å². The molecule has 0 aliphatic heterocycles. The number of aryl methyl sites for hydroxylation is 2. The minimum atomic E-state index is -0.872. The van der Waals surface area contributed by atoms with Gasteiger partial charge in [-0.05, 0) is 30.9 Å². The van der Waals surface area contributed by atoms with Crippen LogP contribution in [0.5, 0.6) is 0 Å². The molecule has 0 atom stereocenters. The normalized spacial score (nSPS) is 10.7. The van der Waals surface area contributed by atoms with Crippen molar-refractivity contribution in [2.45, 2.75) is 40.5 Å². The molecule has 0 bridgehead atoms. The molecule has 0 saturated carbocycles. The van der Waals surface area contributed by atoms with E-state index in [0.717, 1.165) is 16.7 Å². The summed E-state index contributed by atoms with van der Waals surface area (Å²) < 4.78 is 0. The largest absolute Gasteiger partial charge is 0.481 e. The number of aliphatic carboxylic acids is 1. The molecule has 0 unspecified atom stereocenters. The van der Waals surface area contributed by atoms with Crippen LogP contribution >= 0.6 is 0 Å². The first-order valence-electron chi connectivity index (χ1n) is 7.35. The highest BCUT2D eigenvalue weighted by Gasteiger charge is 2.17. The standard InChI is InChI=1S/C17H25NO3/c1-12(2)11-18(8-7-17(20)21)16(19)10-15-9-13(3)5-6-14(15)4/h5-6,9,12H,7-8,10-11H2,1-4H3,(H,20,21). The van der Waals surface area contributed by atoms with Crippen LogP contribution in [0.3, 0.4) is 0 Å². The molecule has 21 heavy (non-hydrogen) atoms. The van der Waals surface area contributed by atoms with Crippen molar-refractivity contribution < 1.29 is 14.7 Å². The van der Waals surface area contributed by atoms with Gasteiger partial charge in [0.25, 0.3) is 0 Å². The number of hydrogen-bond acceptors (Lipinski definition) is 2. The molecule has 0 fully saturated rings. The lowest BCUT2D eigenvalue weighted by atomic mass is 10.0. The molecule has 0 aliphatic rings. The maximum absolute atomic E-state index is 12.5. The van der Waals surface area contributed by atoms with Gasteiger partial charge in [-0.3, -0.25) is 9.59 Å². The molecule has 4 nitrogen and oxygen atoms in total. The minimum absolute atomic E-state index is 0.00125. The van der Waals surface area contributed by atoms with Crippen LogP contribution in [0.4, 0.5) is 0 Å². The van der Waals surface area contributed by atoms with Gasteiger partial charge in [-0.25, -0.2) is 0 Å². The molecule has 1 aromatic rings. The lowest BCUT2D eigenvalue weighted by Gasteiger charge is -2.24. The Morgan fingerprint density at radius 3 is 2.48 bits per heavy atom. The van der Waals surface area contributed by atoms with E-state index in [1.165, 1.54) is 0 Å². The van der Waals surface area contributed by atoms with E-state index < -0.39 is 5.97 Å². The van der Waals surface area contributed by atoms with E-state index in [9.17, 15) is 9.59 Å². The predicted octanol–water partition coefficient (Wildman–Crippen LogP) is 2.81. The average Bonchev–Trinajstić information content (AvgIpc) is 2.38. The fourth-order valence-electron chi connectivity index (χ4n) is 2.25. The number of benzene rings is 1. The number of carboxylic acids is 1. The van der Waals surface area contributed by atoms with E-state index in [2.05, 4.69) is 0 Å². The summed E-state index contributed by atoms with van der Waals surface area (Å²) in [5, 5.41) is 8.81. The van der Waals surface area contributed by atoms with E-state index in [0.29, 0.717) is 18.9 Å². The molecular weight excluding hydrogens is 266 g/mol. The van der Waals surface area contributed by atoms with Crippen molar-refractivity contribution in [1.29, 1.82) is 0 Å². The number of carboxylic acid groups (broad SMARTS) is 1. The van der Waals surface area contributed by atoms with E-state index >= 15 is 0 Å². The number of hydrogen-bond donors (Lipinski definition) is 1. The smallest absolute Gasteiger partial charge is 0.305 e. The van der Waals surface area contributed by atoms with Gasteiger partial charge < -0.3 is 10.0 Å². The van der Waals surface area contributed by atoms with Gasteiger partial charge in [-0.2, -0.15) is 0 Å². The third-order valence-corrected chi connectivity index (χ3v) is 3.38. The molecule has 116 valence electrons. The lowest BCUT2D eigenvalue weighted by Crippen LogP contribution is -2.37. The third-order valence-electron chi connectivity index (χ3n) is 3.38. The molecule has 4 heteroatoms. The van der Waals surface area contributed by atoms with E-state index in [1.807, 2.05) is 45.9 Å². The third kappa shape index (κ3) is 5.98. The van der Waals surface area contributed by atoms with E-state index in [-0.39, 0.29) is 18.9 Å². The number of nitrogens with zero attached hydrogens (tertiary/aromatic N) is 1. The van der Waals surface area contributed by atoms with Crippen molar-refractivity contribution in [3.8, 4) is 0 Å². The summed E-state index contributed by atoms with van der Waals surface area (Å²) in [7, 11) is 0. The minimum Gasteiger partial charge on any atom is -0.481 e. The van der Waals surface area contributed by atoms with Gasteiger partial charge in [0.2, 0.25) is 5.91 Å². The molecule has 0 aliphatic carbocycles. The van der Waals surface area contributed by atoms with Gasteiger partial charge in [0, 0.05) is 13.1 Å². The molecule has 1 N–H and O–H groups in total. The fourth-order valence-corrected chi connectivity index (χ4v) is 2.25. The molecule has 1 amide bonds. The Bertz CT molecular complexity index is 509. The highest BCUT2D eigenvalue weighted by atomic mass is 16.4. The highest BCUT2D eigenvalue weighted by molar-refractivity contribution is 5.79. The number of amides is 1. The molecule has 0 saturated heterocycles. The molecule has 0 radical (unpaired) electrons. The number of carbonyl (C=O) groups excluding carboxylic acids is 1. The lowest BCUT2D eigenvalue weighted by molar-refractivity contribution is -0.138. The summed E-state index contributed by atoms with van der Waals surface area (Å²) in [4.78, 5) is 24.9. The Balaban J connectivity index is 2.79. The summed E-state index contributed by atoms with van der Waals surface area (Å²) in [5.41, 5.74) is 3.24. The Morgan fingerprint density at radius 2 is 1.90 bits per heavy atom. The van der Waals surface area contributed by atoms with Crippen molar-refractivity contribution in [3.05, 3.63) is 34.9 Å². The van der Waals surface area contributed by atoms with Gasteiger partial charge in [0.05, 0.1) is 12.8 Å². The van der Waals surface area contributed by atoms with Gasteiger partial charge in [-0.15, -0.1) is 0 Å². The van der Waals surface area contributed by atoms with Crippen molar-refractivity contribution >= 4 is 11.9 Å². The maximum Gasteiger partial charge on any atom is 0.305 e. The quantitative estimate of drug-likeness (QED) is 0.840. The summed E-state index contributed by atoms with van der Waals surface area (Å²) >= 11 is 0. The Labute approximate surface area is 126 Å². The van der Waals surface area contributed by atoms with Crippen LogP contribution < -0.4 is 0 Å². The zero-order chi connectivity index (χ0) is 16.0. The van der Waals surface area contributed by atoms with Crippen molar-refractivity contribution in [2.75, 3.05) is 13.1 Å². The second-order valence-electron chi connectivity index (χ2n) is 5.98. The molecule has 0 spiro atoms. The van der Waals surface area contributed by atoms with Crippen LogP contribution in [-0.4, -0.2) is 35.0 Å². The first-order chi connectivity index (χ1) is 9.79. The van der Waals surface area contributed by atoms with Gasteiger partial charge in [0.15, 0.2) is 0 Å². The van der Waals surface area contributed by atoms with Crippen molar-refractivity contribution in [1.82, 2.24) is 4.90 Å². The van der Waals surface area contributed by atoms with E-state index in [1.54, 1.807) is 4.90 Å². The molecule has 0 heterocycles. The summed E-state index contributed by atoms with van der Waals surface area (Å²) in [6.07, 6.45) is 0.325. The molecule has 0 aromatic heterocycles. The summed E-state index contributed by atoms with van der Waals surface area (Å²) in [6, 6.07) is 6.07. The van der Waals surface area contributed by atoms with Crippen LogP contribution in [0.25, 0.3) is 0 Å². The van der Waals surface area contributed by atoms with Gasteiger partial charge >= 0.3 is 5.97 Å². The van der Waals surface area contributed by atoms with Crippen LogP contribution in [0, 0.1) is 19.8 Å². The fraction of sp³-hybridized carbons (Fsp3) is 0.529. The topological polar surface area (TPSA) is 57.6 Å². The van der Waals surface area contributed by atoms with Crippen LogP contribution in [0.15, 0.2) is 18.2 Å². The number of rotatable bonds is 7. The monoisotopic (exact) mass is 291 g/mol. The second-order valence-corrected chi connectivity index (χ2v) is 5.98. The van der Waals surface area contributed by atoms with Gasteiger partial charge in [0.1, 0.15) is 0 Å². The van der Waals surface area contributed by atoms with Crippen LogP contribution in [0.2, 0.25) is 0 Å². The summed E-state index contributed by atoms with van der Waals surface area (Å²) in [6.45, 7) is 8.92. The van der Waals surface area contributed by atoms with Crippen molar-refractivity contribution in [2.24, 2.45) is 5.92 Å². The SMILES string of the molecule is Cc1ccc(C)c(CC(=O)N(CCC(=O)O)CC(C)C)c1. The molecule has 1 aromatic carbocycles. The molecular formula is C17H25NO3. The van der Waals surface area contributed by atoms with Crippen LogP contribution in [0.1, 0.15) is 37.0 Å². The highest BCUT2D eigenvalue weighted by Crippen LogP contribution is 2.13. The maximum atomic E-state index is 12.5. The second kappa shape index (κ2) is 7.81. The number of carbonyl (C=O) groups is 2. The zero-order valence-electron chi connectivity index (χ0n) is 13.3. The Kier molecular flexibility index (Phi) is 6.40. The zero-order valence-corrected chi connectivity index (χ0v) is 13.3. The predicted molar refractivity (Wildman–Crippen MR) is 83.3 cm³/mol. The first kappa shape index (κ1) is 17.2. The Hall–Kier alpha value is -1.84. The molecule has 1 rings (SSSR count). The Morgan fingerprint density at radius 1 is 1.24 bits per heavy atom. The van der Waals surface area contributed by atoms with Crippen molar-refractivity contribution in [3.63, 3.8) is 0 Å². The summed E-state index contributed by atoms with van der Waals surface area (Å²) in [5.74, 6) is -0.553. The van der Waals surface area contributed by atoms with E-state index in [4.69, 9.17) is 5.11 Å².